The molecule has 28 heavy (non-hydrogen) atoms. The number of carbonyl (C=O) groups is 3. The lowest BCUT2D eigenvalue weighted by atomic mass is 9.65. The maximum Gasteiger partial charge on any atom is 0.312 e. The summed E-state index contributed by atoms with van der Waals surface area (Å²) >= 11 is 0. The van der Waals surface area contributed by atoms with Gasteiger partial charge in [0.05, 0.1) is 24.7 Å². The zero-order valence-electron chi connectivity index (χ0n) is 17.0. The van der Waals surface area contributed by atoms with E-state index >= 15 is 0 Å². The number of nitrogens with zero attached hydrogens (tertiary/aromatic N) is 1. The van der Waals surface area contributed by atoms with E-state index in [1.165, 1.54) is 4.90 Å². The highest BCUT2D eigenvalue weighted by molar-refractivity contribution is 5.98. The standard InChI is InChI=1S/C20H32N2O6/c1-4-7-10-21-16(24)15-20-9-8-19(5-2,28-20)14(18(26)27-6-3)13(20)17(25)22(15)11-12-23/h13-15,23H,4-12H2,1-3H3,(H,21,24)/t13-,14-,15?,19+,20?/m0/s1. The summed E-state index contributed by atoms with van der Waals surface area (Å²) < 4.78 is 11.8. The number of β-amino-alcohol motifs (C(OH)–C–C–N with tert-alkyl or cyclic N) is 1. The second-order valence-corrected chi connectivity index (χ2v) is 7.99. The minimum Gasteiger partial charge on any atom is -0.466 e. The highest BCUT2D eigenvalue weighted by Crippen LogP contribution is 2.64. The quantitative estimate of drug-likeness (QED) is 0.437. The summed E-state index contributed by atoms with van der Waals surface area (Å²) in [5.74, 6) is -2.45. The molecule has 8 heteroatoms. The number of aliphatic hydroxyl groups excluding tert-OH is 1. The first-order valence-electron chi connectivity index (χ1n) is 10.5. The normalized spacial score (nSPS) is 35.9. The third-order valence-corrected chi connectivity index (χ3v) is 6.64. The fourth-order valence-corrected chi connectivity index (χ4v) is 5.44. The minimum absolute atomic E-state index is 0.0426. The fraction of sp³-hybridized carbons (Fsp3) is 0.850. The zero-order valence-corrected chi connectivity index (χ0v) is 17.0. The average molecular weight is 396 g/mol. The number of amides is 2. The molecule has 5 atom stereocenters. The third-order valence-electron chi connectivity index (χ3n) is 6.64. The van der Waals surface area contributed by atoms with Crippen LogP contribution in [0.4, 0.5) is 0 Å². The van der Waals surface area contributed by atoms with E-state index in [-0.39, 0.29) is 31.6 Å². The van der Waals surface area contributed by atoms with Crippen LogP contribution in [0.3, 0.4) is 0 Å². The molecule has 2 N–H and O–H groups in total. The Morgan fingerprint density at radius 1 is 1.32 bits per heavy atom. The van der Waals surface area contributed by atoms with Crippen LogP contribution in [0.25, 0.3) is 0 Å². The third kappa shape index (κ3) is 2.92. The number of aliphatic hydroxyl groups is 1. The molecule has 0 radical (unpaired) electrons. The van der Waals surface area contributed by atoms with Gasteiger partial charge in [-0.05, 0) is 32.6 Å². The van der Waals surface area contributed by atoms with Gasteiger partial charge in [-0.15, -0.1) is 0 Å². The average Bonchev–Trinajstić information content (AvgIpc) is 3.27. The van der Waals surface area contributed by atoms with Crippen molar-refractivity contribution in [1.82, 2.24) is 10.2 Å². The maximum absolute atomic E-state index is 13.3. The molecule has 3 aliphatic heterocycles. The lowest BCUT2D eigenvalue weighted by molar-refractivity contribution is -0.160. The number of carbonyl (C=O) groups excluding carboxylic acids is 3. The summed E-state index contributed by atoms with van der Waals surface area (Å²) in [4.78, 5) is 40.6. The molecule has 3 rings (SSSR count). The molecule has 0 aromatic heterocycles. The smallest absolute Gasteiger partial charge is 0.312 e. The first-order chi connectivity index (χ1) is 13.4. The van der Waals surface area contributed by atoms with Gasteiger partial charge in [-0.1, -0.05) is 20.3 Å². The van der Waals surface area contributed by atoms with Crippen molar-refractivity contribution in [3.8, 4) is 0 Å². The van der Waals surface area contributed by atoms with Crippen molar-refractivity contribution in [1.29, 1.82) is 0 Å². The van der Waals surface area contributed by atoms with Crippen molar-refractivity contribution in [3.63, 3.8) is 0 Å². The molecule has 0 aromatic rings. The first kappa shape index (κ1) is 21.0. The molecular weight excluding hydrogens is 364 g/mol. The Hall–Kier alpha value is -1.67. The van der Waals surface area contributed by atoms with Crippen molar-refractivity contribution in [3.05, 3.63) is 0 Å². The Labute approximate surface area is 165 Å². The van der Waals surface area contributed by atoms with Gasteiger partial charge in [0.1, 0.15) is 17.6 Å². The molecule has 8 nitrogen and oxygen atoms in total. The van der Waals surface area contributed by atoms with Gasteiger partial charge in [-0.25, -0.2) is 0 Å². The van der Waals surface area contributed by atoms with E-state index in [9.17, 15) is 19.5 Å². The highest BCUT2D eigenvalue weighted by atomic mass is 16.6. The number of nitrogens with one attached hydrogen (secondary N) is 1. The number of ether oxygens (including phenoxy) is 2. The van der Waals surface area contributed by atoms with E-state index in [2.05, 4.69) is 5.32 Å². The Kier molecular flexibility index (Phi) is 6.00. The largest absolute Gasteiger partial charge is 0.466 e. The van der Waals surface area contributed by atoms with Gasteiger partial charge in [0.2, 0.25) is 11.8 Å². The van der Waals surface area contributed by atoms with Crippen molar-refractivity contribution >= 4 is 17.8 Å². The summed E-state index contributed by atoms with van der Waals surface area (Å²) in [6.07, 6.45) is 3.52. The van der Waals surface area contributed by atoms with Gasteiger partial charge in [-0.2, -0.15) is 0 Å². The Morgan fingerprint density at radius 3 is 2.68 bits per heavy atom. The Balaban J connectivity index is 1.99. The number of hydrogen-bond donors (Lipinski definition) is 2. The van der Waals surface area contributed by atoms with Crippen LogP contribution in [0.5, 0.6) is 0 Å². The molecule has 3 fully saturated rings. The highest BCUT2D eigenvalue weighted by Gasteiger charge is 2.78. The van der Waals surface area contributed by atoms with Gasteiger partial charge < -0.3 is 24.8 Å². The summed E-state index contributed by atoms with van der Waals surface area (Å²) in [5.41, 5.74) is -1.80. The molecule has 2 amide bonds. The van der Waals surface area contributed by atoms with Crippen molar-refractivity contribution in [2.24, 2.45) is 11.8 Å². The molecular formula is C20H32N2O6. The number of unbranched alkanes of at least 4 members (excludes halogenated alkanes) is 1. The lowest BCUT2D eigenvalue weighted by Gasteiger charge is -2.33. The van der Waals surface area contributed by atoms with Crippen LogP contribution in [0, 0.1) is 11.8 Å². The van der Waals surface area contributed by atoms with Gasteiger partial charge in [0.15, 0.2) is 0 Å². The topological polar surface area (TPSA) is 105 Å². The van der Waals surface area contributed by atoms with Crippen LogP contribution in [-0.4, -0.2) is 71.3 Å². The van der Waals surface area contributed by atoms with E-state index in [1.807, 2.05) is 13.8 Å². The summed E-state index contributed by atoms with van der Waals surface area (Å²) in [6, 6.07) is -0.832. The van der Waals surface area contributed by atoms with Crippen LogP contribution < -0.4 is 5.32 Å². The molecule has 2 bridgehead atoms. The fourth-order valence-electron chi connectivity index (χ4n) is 5.44. The second-order valence-electron chi connectivity index (χ2n) is 7.99. The van der Waals surface area contributed by atoms with Crippen LogP contribution >= 0.6 is 0 Å². The van der Waals surface area contributed by atoms with Gasteiger partial charge in [-0.3, -0.25) is 14.4 Å². The SMILES string of the molecule is CCCCNC(=O)C1N(CCO)C(=O)[C@@H]2[C@@H](C(=O)OCC)[C@@]3(CC)CCC12O3. The molecule has 0 saturated carbocycles. The second kappa shape index (κ2) is 7.99. The molecule has 0 aliphatic carbocycles. The van der Waals surface area contributed by atoms with Crippen molar-refractivity contribution < 1.29 is 29.0 Å². The Morgan fingerprint density at radius 2 is 2.07 bits per heavy atom. The molecule has 1 spiro atoms. The number of esters is 1. The molecule has 0 aromatic carbocycles. The van der Waals surface area contributed by atoms with Gasteiger partial charge >= 0.3 is 5.97 Å². The zero-order chi connectivity index (χ0) is 20.5. The lowest BCUT2D eigenvalue weighted by Crippen LogP contribution is -2.55. The van der Waals surface area contributed by atoms with Crippen molar-refractivity contribution in [2.45, 2.75) is 70.1 Å². The van der Waals surface area contributed by atoms with E-state index in [0.29, 0.717) is 25.8 Å². The number of rotatable bonds is 9. The van der Waals surface area contributed by atoms with Gasteiger partial charge in [0, 0.05) is 13.1 Å². The predicted molar refractivity (Wildman–Crippen MR) is 100 cm³/mol. The van der Waals surface area contributed by atoms with E-state index < -0.39 is 35.0 Å². The predicted octanol–water partition coefficient (Wildman–Crippen LogP) is 0.613. The van der Waals surface area contributed by atoms with Gasteiger partial charge in [0.25, 0.3) is 0 Å². The first-order valence-corrected chi connectivity index (χ1v) is 10.5. The molecule has 3 saturated heterocycles. The van der Waals surface area contributed by atoms with Crippen LogP contribution in [0.2, 0.25) is 0 Å². The summed E-state index contributed by atoms with van der Waals surface area (Å²) in [7, 11) is 0. The summed E-state index contributed by atoms with van der Waals surface area (Å²) in [5, 5.41) is 12.4. The van der Waals surface area contributed by atoms with E-state index in [0.717, 1.165) is 12.8 Å². The Bertz CT molecular complexity index is 640. The molecule has 3 heterocycles. The summed E-state index contributed by atoms with van der Waals surface area (Å²) in [6.45, 7) is 6.25. The number of fused-ring (bicyclic) bond motifs is 1. The number of likely N-dealkylation sites (tertiary alicyclic amines) is 1. The molecule has 2 unspecified atom stereocenters. The van der Waals surface area contributed by atoms with Crippen LogP contribution in [0.1, 0.15) is 52.9 Å². The maximum atomic E-state index is 13.3. The molecule has 158 valence electrons. The molecule has 3 aliphatic rings. The minimum atomic E-state index is -1.03. The monoisotopic (exact) mass is 396 g/mol. The van der Waals surface area contributed by atoms with E-state index in [4.69, 9.17) is 9.47 Å². The van der Waals surface area contributed by atoms with Crippen molar-refractivity contribution in [2.75, 3.05) is 26.3 Å². The van der Waals surface area contributed by atoms with Crippen LogP contribution in [-0.2, 0) is 23.9 Å². The van der Waals surface area contributed by atoms with E-state index in [1.54, 1.807) is 6.92 Å². The van der Waals surface area contributed by atoms with Crippen LogP contribution in [0.15, 0.2) is 0 Å². The number of hydrogen-bond acceptors (Lipinski definition) is 6.